The van der Waals surface area contributed by atoms with Crippen LogP contribution in [0, 0.1) is 0 Å². The first-order chi connectivity index (χ1) is 8.14. The number of nitrogens with zero attached hydrogens (tertiary/aromatic N) is 1. The molecule has 0 unspecified atom stereocenters. The van der Waals surface area contributed by atoms with E-state index in [2.05, 4.69) is 0 Å². The molecule has 7 heteroatoms. The summed E-state index contributed by atoms with van der Waals surface area (Å²) in [5.41, 5.74) is 0.524. The summed E-state index contributed by atoms with van der Waals surface area (Å²) in [5.74, 6) is -0.638. The number of hydrogen-bond acceptors (Lipinski definition) is 1. The van der Waals surface area contributed by atoms with Crippen molar-refractivity contribution in [2.45, 2.75) is 23.7 Å². The van der Waals surface area contributed by atoms with Crippen molar-refractivity contribution in [3.05, 3.63) is 28.2 Å². The number of carbonyl (C=O) groups excluding carboxylic acids is 1. The highest BCUT2D eigenvalue weighted by molar-refractivity contribution is 6.77. The third-order valence-corrected chi connectivity index (χ3v) is 3.38. The van der Waals surface area contributed by atoms with Gasteiger partial charge in [-0.15, -0.1) is 0 Å². The van der Waals surface area contributed by atoms with Gasteiger partial charge in [-0.05, 0) is 32.0 Å². The van der Waals surface area contributed by atoms with E-state index in [4.69, 9.17) is 58.0 Å². The van der Waals surface area contributed by atoms with Gasteiger partial charge in [0.05, 0.1) is 10.0 Å². The van der Waals surface area contributed by atoms with Gasteiger partial charge < -0.3 is 4.90 Å². The molecule has 18 heavy (non-hydrogen) atoms. The molecule has 0 aromatic heterocycles. The van der Waals surface area contributed by atoms with Gasteiger partial charge in [-0.25, -0.2) is 0 Å². The van der Waals surface area contributed by atoms with E-state index in [1.165, 1.54) is 4.90 Å². The number of hydrogen-bond donors (Lipinski definition) is 0. The van der Waals surface area contributed by atoms with Crippen molar-refractivity contribution in [2.75, 3.05) is 4.90 Å². The number of rotatable bonds is 2. The van der Waals surface area contributed by atoms with Crippen molar-refractivity contribution >= 4 is 69.6 Å². The molecule has 0 fully saturated rings. The van der Waals surface area contributed by atoms with Crippen molar-refractivity contribution < 1.29 is 4.79 Å². The third kappa shape index (κ3) is 3.82. The molecule has 0 saturated heterocycles. The predicted molar refractivity (Wildman–Crippen MR) is 79.4 cm³/mol. The van der Waals surface area contributed by atoms with Crippen molar-refractivity contribution in [2.24, 2.45) is 0 Å². The van der Waals surface area contributed by atoms with Gasteiger partial charge in [-0.3, -0.25) is 4.79 Å². The summed E-state index contributed by atoms with van der Waals surface area (Å²) in [6.45, 7) is 3.60. The average Bonchev–Trinajstić information content (AvgIpc) is 2.21. The first-order valence-corrected chi connectivity index (χ1v) is 6.89. The molecular weight excluding hydrogens is 339 g/mol. The molecule has 0 N–H and O–H groups in total. The fourth-order valence-electron chi connectivity index (χ4n) is 1.42. The molecule has 0 atom stereocenters. The van der Waals surface area contributed by atoms with Gasteiger partial charge in [-0.1, -0.05) is 58.0 Å². The van der Waals surface area contributed by atoms with Crippen molar-refractivity contribution in [1.29, 1.82) is 0 Å². The van der Waals surface area contributed by atoms with E-state index in [1.807, 2.05) is 0 Å². The molecule has 0 heterocycles. The van der Waals surface area contributed by atoms with Crippen LogP contribution in [0.15, 0.2) is 18.2 Å². The van der Waals surface area contributed by atoms with Crippen LogP contribution in [-0.2, 0) is 4.79 Å². The highest BCUT2D eigenvalue weighted by Gasteiger charge is 2.37. The quantitative estimate of drug-likeness (QED) is 0.680. The van der Waals surface area contributed by atoms with Gasteiger partial charge in [-0.2, -0.15) is 0 Å². The zero-order valence-electron chi connectivity index (χ0n) is 9.55. The Kier molecular flexibility index (Phi) is 5.45. The molecular formula is C11H10Cl5NO. The molecule has 0 aliphatic rings. The number of alkyl halides is 3. The highest BCUT2D eigenvalue weighted by atomic mass is 35.6. The lowest BCUT2D eigenvalue weighted by molar-refractivity contribution is -0.118. The Morgan fingerprint density at radius 1 is 1.17 bits per heavy atom. The van der Waals surface area contributed by atoms with Gasteiger partial charge in [0, 0.05) is 11.7 Å². The zero-order valence-corrected chi connectivity index (χ0v) is 13.3. The van der Waals surface area contributed by atoms with Crippen molar-refractivity contribution in [3.63, 3.8) is 0 Å². The fourth-order valence-corrected chi connectivity index (χ4v) is 1.99. The zero-order chi connectivity index (χ0) is 14.1. The molecule has 1 aromatic rings. The Bertz CT molecular complexity index is 455. The average molecular weight is 349 g/mol. The van der Waals surface area contributed by atoms with Crippen molar-refractivity contribution in [1.82, 2.24) is 0 Å². The van der Waals surface area contributed by atoms with Crippen LogP contribution in [0.2, 0.25) is 10.0 Å². The van der Waals surface area contributed by atoms with Gasteiger partial charge in [0.1, 0.15) is 0 Å². The first kappa shape index (κ1) is 16.2. The Morgan fingerprint density at radius 3 is 2.11 bits per heavy atom. The minimum Gasteiger partial charge on any atom is -0.306 e. The van der Waals surface area contributed by atoms with Crippen LogP contribution in [-0.4, -0.2) is 15.7 Å². The summed E-state index contributed by atoms with van der Waals surface area (Å²) in [6.07, 6.45) is 0. The summed E-state index contributed by atoms with van der Waals surface area (Å²) < 4.78 is -2.02. The maximum Gasteiger partial charge on any atom is 0.279 e. The molecule has 2 nitrogen and oxygen atoms in total. The highest BCUT2D eigenvalue weighted by Crippen LogP contribution is 2.34. The van der Waals surface area contributed by atoms with E-state index in [0.29, 0.717) is 15.7 Å². The van der Waals surface area contributed by atoms with E-state index in [1.54, 1.807) is 32.0 Å². The molecule has 1 aromatic carbocycles. The lowest BCUT2D eigenvalue weighted by Crippen LogP contribution is -2.43. The summed E-state index contributed by atoms with van der Waals surface area (Å²) in [6, 6.07) is 4.59. The Hall–Kier alpha value is 0.140. The fraction of sp³-hybridized carbons (Fsp3) is 0.364. The van der Waals surface area contributed by atoms with Crippen LogP contribution in [0.4, 0.5) is 5.69 Å². The minimum atomic E-state index is -2.02. The molecule has 100 valence electrons. The first-order valence-electron chi connectivity index (χ1n) is 5.00. The predicted octanol–water partition coefficient (Wildman–Crippen LogP) is 5.11. The molecule has 1 amide bonds. The van der Waals surface area contributed by atoms with E-state index in [0.717, 1.165) is 0 Å². The molecule has 0 aliphatic heterocycles. The van der Waals surface area contributed by atoms with E-state index >= 15 is 0 Å². The normalized spacial score (nSPS) is 11.8. The summed E-state index contributed by atoms with van der Waals surface area (Å²) in [7, 11) is 0. The minimum absolute atomic E-state index is 0.189. The van der Waals surface area contributed by atoms with Gasteiger partial charge in [0.2, 0.25) is 0 Å². The van der Waals surface area contributed by atoms with Crippen LogP contribution in [0.1, 0.15) is 13.8 Å². The van der Waals surface area contributed by atoms with Crippen LogP contribution in [0.3, 0.4) is 0 Å². The summed E-state index contributed by atoms with van der Waals surface area (Å²) in [5, 5.41) is 0.724. The SMILES string of the molecule is CC(C)N(C(=O)C(Cl)(Cl)Cl)c1ccc(Cl)c(Cl)c1. The second-order valence-electron chi connectivity index (χ2n) is 3.87. The maximum absolute atomic E-state index is 12.1. The third-order valence-electron chi connectivity index (χ3n) is 2.16. The number of amides is 1. The Labute approximate surface area is 131 Å². The maximum atomic E-state index is 12.1. The van der Waals surface area contributed by atoms with Crippen LogP contribution in [0.5, 0.6) is 0 Å². The number of carbonyl (C=O) groups is 1. The monoisotopic (exact) mass is 347 g/mol. The van der Waals surface area contributed by atoms with Crippen molar-refractivity contribution in [3.8, 4) is 0 Å². The topological polar surface area (TPSA) is 20.3 Å². The van der Waals surface area contributed by atoms with E-state index in [9.17, 15) is 4.79 Å². The largest absolute Gasteiger partial charge is 0.306 e. The smallest absolute Gasteiger partial charge is 0.279 e. The molecule has 0 bridgehead atoms. The van der Waals surface area contributed by atoms with Crippen LogP contribution >= 0.6 is 58.0 Å². The Morgan fingerprint density at radius 2 is 1.72 bits per heavy atom. The summed E-state index contributed by atoms with van der Waals surface area (Å²) >= 11 is 28.6. The molecule has 1 rings (SSSR count). The standard InChI is InChI=1S/C11H10Cl5NO/c1-6(2)17(10(18)11(14,15)16)7-3-4-8(12)9(13)5-7/h3-6H,1-2H3. The molecule has 0 aliphatic carbocycles. The molecule has 0 spiro atoms. The van der Waals surface area contributed by atoms with Gasteiger partial charge in [0.25, 0.3) is 9.70 Å². The lowest BCUT2D eigenvalue weighted by Gasteiger charge is -2.29. The van der Waals surface area contributed by atoms with Gasteiger partial charge >= 0.3 is 0 Å². The van der Waals surface area contributed by atoms with Crippen LogP contribution in [0.25, 0.3) is 0 Å². The second kappa shape index (κ2) is 6.06. The van der Waals surface area contributed by atoms with Crippen LogP contribution < -0.4 is 4.90 Å². The number of anilines is 1. The number of halogens is 5. The van der Waals surface area contributed by atoms with E-state index in [-0.39, 0.29) is 6.04 Å². The number of benzene rings is 1. The Balaban J connectivity index is 3.21. The lowest BCUT2D eigenvalue weighted by atomic mass is 10.2. The second-order valence-corrected chi connectivity index (χ2v) is 6.96. The summed E-state index contributed by atoms with van der Waals surface area (Å²) in [4.78, 5) is 13.4. The molecule has 0 saturated carbocycles. The molecule has 0 radical (unpaired) electrons. The van der Waals surface area contributed by atoms with E-state index < -0.39 is 9.70 Å². The van der Waals surface area contributed by atoms with Gasteiger partial charge in [0.15, 0.2) is 0 Å².